The lowest BCUT2D eigenvalue weighted by molar-refractivity contribution is -0.128. The van der Waals surface area contributed by atoms with Gasteiger partial charge in [-0.1, -0.05) is 48.3 Å². The van der Waals surface area contributed by atoms with Gasteiger partial charge in [-0.05, 0) is 60.2 Å². The molecule has 11 heteroatoms. The van der Waals surface area contributed by atoms with Crippen LogP contribution < -0.4 is 10.1 Å². The number of aromatic nitrogens is 2. The summed E-state index contributed by atoms with van der Waals surface area (Å²) >= 11 is 12.8. The number of amides is 1. The highest BCUT2D eigenvalue weighted by atomic mass is 35.5. The van der Waals surface area contributed by atoms with E-state index in [9.17, 15) is 14.7 Å². The van der Waals surface area contributed by atoms with Crippen molar-refractivity contribution in [3.8, 4) is 5.88 Å². The Bertz CT molecular complexity index is 1860. The van der Waals surface area contributed by atoms with E-state index in [1.165, 1.54) is 18.2 Å². The number of anilines is 1. The second kappa shape index (κ2) is 9.42. The van der Waals surface area contributed by atoms with Gasteiger partial charge in [0.15, 0.2) is 0 Å². The lowest BCUT2D eigenvalue weighted by Crippen LogP contribution is -2.53. The van der Waals surface area contributed by atoms with Crippen molar-refractivity contribution < 1.29 is 23.8 Å². The van der Waals surface area contributed by atoms with Gasteiger partial charge in [0.1, 0.15) is 18.0 Å². The predicted molar refractivity (Wildman–Crippen MR) is 159 cm³/mol. The first kappa shape index (κ1) is 26.9. The van der Waals surface area contributed by atoms with Crippen LogP contribution in [0.3, 0.4) is 0 Å². The fourth-order valence-corrected chi connectivity index (χ4v) is 8.17. The van der Waals surface area contributed by atoms with Gasteiger partial charge in [-0.15, -0.1) is 0 Å². The quantitative estimate of drug-likeness (QED) is 0.284. The molecule has 3 aliphatic heterocycles. The average Bonchev–Trinajstić information content (AvgIpc) is 3.40. The summed E-state index contributed by atoms with van der Waals surface area (Å²) in [7, 11) is 0. The lowest BCUT2D eigenvalue weighted by atomic mass is 9.71. The number of hydrogen-bond acceptors (Lipinski definition) is 5. The number of benzene rings is 3. The molecule has 1 saturated heterocycles. The molecular weight excluding hydrogens is 594 g/mol. The first-order valence-electron chi connectivity index (χ1n) is 14.4. The maximum atomic E-state index is 16.2. The Hall–Kier alpha value is -3.66. The summed E-state index contributed by atoms with van der Waals surface area (Å²) < 4.78 is 24.4. The van der Waals surface area contributed by atoms with E-state index in [1.54, 1.807) is 35.0 Å². The first-order chi connectivity index (χ1) is 20.7. The summed E-state index contributed by atoms with van der Waals surface area (Å²) in [4.78, 5) is 28.4. The number of likely N-dealkylation sites (tertiary alicyclic amines) is 1. The molecule has 3 aromatic carbocycles. The van der Waals surface area contributed by atoms with Crippen molar-refractivity contribution in [2.45, 2.75) is 37.4 Å². The van der Waals surface area contributed by atoms with Gasteiger partial charge < -0.3 is 15.2 Å². The van der Waals surface area contributed by atoms with Gasteiger partial charge in [-0.2, -0.15) is 5.10 Å². The topological polar surface area (TPSA) is 96.7 Å². The molecule has 4 aromatic rings. The third-order valence-electron chi connectivity index (χ3n) is 9.95. The second-order valence-corrected chi connectivity index (χ2v) is 13.1. The fraction of sp³-hybridized carbons (Fsp3) is 0.344. The zero-order chi connectivity index (χ0) is 29.8. The average molecular weight is 621 g/mol. The van der Waals surface area contributed by atoms with Crippen LogP contribution in [-0.4, -0.2) is 50.9 Å². The van der Waals surface area contributed by atoms with Crippen molar-refractivity contribution in [2.24, 2.45) is 17.8 Å². The van der Waals surface area contributed by atoms with E-state index in [2.05, 4.69) is 17.1 Å². The van der Waals surface area contributed by atoms with Gasteiger partial charge >= 0.3 is 5.97 Å². The van der Waals surface area contributed by atoms with Crippen LogP contribution in [0.15, 0.2) is 54.6 Å². The summed E-state index contributed by atoms with van der Waals surface area (Å²) in [5.41, 5.74) is 1.11. The number of carbonyl (C=O) groups excluding carboxylic acids is 1. The molecule has 4 heterocycles. The van der Waals surface area contributed by atoms with Gasteiger partial charge in [0.25, 0.3) is 0 Å². The van der Waals surface area contributed by atoms with Crippen LogP contribution >= 0.6 is 23.2 Å². The molecule has 1 spiro atoms. The monoisotopic (exact) mass is 620 g/mol. The van der Waals surface area contributed by atoms with Gasteiger partial charge in [0.05, 0.1) is 27.5 Å². The minimum Gasteiger partial charge on any atom is -0.478 e. The molecule has 2 unspecified atom stereocenters. The van der Waals surface area contributed by atoms with E-state index in [1.807, 2.05) is 6.07 Å². The van der Waals surface area contributed by atoms with Crippen molar-refractivity contribution in [1.82, 2.24) is 14.7 Å². The standard InChI is InChI=1S/C32H27Cl2FN4O4/c1-15-9-17(15)12-38-26-14-43-29-19-7-5-16(30(40)41)10-24(19)37-39(29)13-21(26)27(20-3-2-4-23(34)28(20)35)32(38)22-8-6-18(33)11-25(22)36-31(32)42/h2-8,10-11,15,17,21,26-27H,9,12-14H2,1H3,(H,36,42)(H,40,41)/t15?,17?,21-,26+,27+,32-/m1/s1. The first-order valence-corrected chi connectivity index (χ1v) is 15.1. The van der Waals surface area contributed by atoms with Crippen molar-refractivity contribution in [2.75, 3.05) is 18.5 Å². The second-order valence-electron chi connectivity index (χ2n) is 12.2. The third-order valence-corrected chi connectivity index (χ3v) is 10.5. The summed E-state index contributed by atoms with van der Waals surface area (Å²) in [6, 6.07) is 14.9. The summed E-state index contributed by atoms with van der Waals surface area (Å²) in [6.45, 7) is 3.41. The number of fused-ring (bicyclic) bond motifs is 6. The van der Waals surface area contributed by atoms with Crippen LogP contribution in [0.5, 0.6) is 5.88 Å². The van der Waals surface area contributed by atoms with Crippen molar-refractivity contribution in [1.29, 1.82) is 0 Å². The Kier molecular flexibility index (Phi) is 5.90. The van der Waals surface area contributed by atoms with Gasteiger partial charge in [-0.3, -0.25) is 9.69 Å². The molecule has 8 nitrogen and oxygen atoms in total. The molecule has 4 aliphatic rings. The Balaban J connectivity index is 1.36. The van der Waals surface area contributed by atoms with E-state index in [-0.39, 0.29) is 35.1 Å². The predicted octanol–water partition coefficient (Wildman–Crippen LogP) is 6.16. The number of rotatable bonds is 4. The SMILES string of the molecule is CC1CC1CN1[C@H]2COc3c4ccc(C(=O)O)cc4nn3C[C@H]2[C@H](c2cccc(Cl)c2F)[C@]12C(=O)Nc1cc(Cl)ccc12. The maximum absolute atomic E-state index is 16.2. The van der Waals surface area contributed by atoms with Crippen molar-refractivity contribution in [3.05, 3.63) is 87.2 Å². The Morgan fingerprint density at radius 2 is 2.02 bits per heavy atom. The molecule has 1 aliphatic carbocycles. The van der Waals surface area contributed by atoms with Crippen molar-refractivity contribution >= 4 is 51.7 Å². The highest BCUT2D eigenvalue weighted by molar-refractivity contribution is 6.31. The fourth-order valence-electron chi connectivity index (χ4n) is 7.81. The largest absolute Gasteiger partial charge is 0.478 e. The molecule has 0 radical (unpaired) electrons. The summed E-state index contributed by atoms with van der Waals surface area (Å²) in [5, 5.41) is 18.5. The smallest absolute Gasteiger partial charge is 0.335 e. The Morgan fingerprint density at radius 1 is 1.21 bits per heavy atom. The van der Waals surface area contributed by atoms with Crippen LogP contribution in [-0.2, 0) is 16.9 Å². The third kappa shape index (κ3) is 3.81. The minimum atomic E-state index is -1.24. The summed E-state index contributed by atoms with van der Waals surface area (Å²) in [6.07, 6.45) is 1.05. The summed E-state index contributed by atoms with van der Waals surface area (Å²) in [5.74, 6) is -1.35. The molecule has 1 aromatic heterocycles. The van der Waals surface area contributed by atoms with Gasteiger partial charge in [0, 0.05) is 41.2 Å². The molecule has 8 rings (SSSR count). The number of carbonyl (C=O) groups is 2. The Morgan fingerprint density at radius 3 is 2.79 bits per heavy atom. The number of nitrogens with one attached hydrogen (secondary N) is 1. The van der Waals surface area contributed by atoms with E-state index in [0.717, 1.165) is 12.0 Å². The normalized spacial score (nSPS) is 29.1. The van der Waals surface area contributed by atoms with E-state index >= 15 is 4.39 Å². The highest BCUT2D eigenvalue weighted by Crippen LogP contribution is 2.62. The lowest BCUT2D eigenvalue weighted by Gasteiger charge is -2.40. The maximum Gasteiger partial charge on any atom is 0.335 e. The van der Waals surface area contributed by atoms with Crippen LogP contribution in [0.25, 0.3) is 10.9 Å². The zero-order valence-corrected chi connectivity index (χ0v) is 24.6. The number of halogens is 3. The van der Waals surface area contributed by atoms with E-state index in [4.69, 9.17) is 33.0 Å². The van der Waals surface area contributed by atoms with Crippen LogP contribution in [0.2, 0.25) is 10.0 Å². The molecule has 6 atom stereocenters. The van der Waals surface area contributed by atoms with E-state index in [0.29, 0.717) is 58.0 Å². The molecule has 2 N–H and O–H groups in total. The van der Waals surface area contributed by atoms with Crippen LogP contribution in [0.1, 0.15) is 40.7 Å². The van der Waals surface area contributed by atoms with Crippen LogP contribution in [0, 0.1) is 23.6 Å². The number of nitrogens with zero attached hydrogens (tertiary/aromatic N) is 3. The minimum absolute atomic E-state index is 0.00946. The molecule has 43 heavy (non-hydrogen) atoms. The molecule has 1 saturated carbocycles. The zero-order valence-electron chi connectivity index (χ0n) is 23.1. The number of carboxylic acids is 1. The number of aromatic carboxylic acids is 1. The van der Waals surface area contributed by atoms with Gasteiger partial charge in [-0.25, -0.2) is 13.9 Å². The number of hydrogen-bond donors (Lipinski definition) is 2. The van der Waals surface area contributed by atoms with Gasteiger partial charge in [0.2, 0.25) is 11.8 Å². The van der Waals surface area contributed by atoms with Crippen LogP contribution in [0.4, 0.5) is 10.1 Å². The number of ether oxygens (including phenoxy) is 1. The molecule has 220 valence electrons. The van der Waals surface area contributed by atoms with Crippen molar-refractivity contribution in [3.63, 3.8) is 0 Å². The molecule has 0 bridgehead atoms. The number of carboxylic acid groups (broad SMARTS) is 1. The Labute approximate surface area is 256 Å². The molecular formula is C32H27Cl2FN4O4. The molecule has 2 fully saturated rings. The van der Waals surface area contributed by atoms with E-state index < -0.39 is 23.2 Å². The molecule has 1 amide bonds. The highest BCUT2D eigenvalue weighted by Gasteiger charge is 2.68.